The average molecular weight is 285 g/mol. The Balaban J connectivity index is 2.65. The van der Waals surface area contributed by atoms with Crippen molar-refractivity contribution in [1.29, 1.82) is 0 Å². The molecule has 2 heterocycles. The highest BCUT2D eigenvalue weighted by atomic mass is 35.5. The van der Waals surface area contributed by atoms with E-state index in [-0.39, 0.29) is 6.04 Å². The number of aryl methyl sites for hydroxylation is 2. The van der Waals surface area contributed by atoms with Crippen LogP contribution < -0.4 is 0 Å². The Hall–Kier alpha value is -1.07. The Morgan fingerprint density at radius 3 is 2.63 bits per heavy atom. The van der Waals surface area contributed by atoms with Crippen molar-refractivity contribution in [2.24, 2.45) is 7.05 Å². The van der Waals surface area contributed by atoms with Crippen LogP contribution in [0.25, 0.3) is 11.2 Å². The zero-order chi connectivity index (χ0) is 14.0. The molecule has 0 saturated carbocycles. The summed E-state index contributed by atoms with van der Waals surface area (Å²) in [6, 6.07) is 0.240. The van der Waals surface area contributed by atoms with Crippen LogP contribution in [0.15, 0.2) is 0 Å². The smallest absolute Gasteiger partial charge is 0.159 e. The lowest BCUT2D eigenvalue weighted by molar-refractivity contribution is 0.153. The van der Waals surface area contributed by atoms with Crippen molar-refractivity contribution in [2.75, 3.05) is 13.7 Å². The molecule has 106 valence electrons. The lowest BCUT2D eigenvalue weighted by Crippen LogP contribution is -2.17. The van der Waals surface area contributed by atoms with Gasteiger partial charge in [-0.1, -0.05) is 13.8 Å². The van der Waals surface area contributed by atoms with E-state index in [4.69, 9.17) is 16.3 Å². The number of alkyl halides is 1. The van der Waals surface area contributed by atoms with E-state index in [0.717, 1.165) is 35.5 Å². The molecule has 0 aliphatic heterocycles. The molecular formula is C13H21ClN4O. The van der Waals surface area contributed by atoms with Crippen LogP contribution in [-0.2, 0) is 24.1 Å². The third kappa shape index (κ3) is 2.37. The monoisotopic (exact) mass is 284 g/mol. The van der Waals surface area contributed by atoms with Crippen LogP contribution in [0.5, 0.6) is 0 Å². The fraction of sp³-hybridized carbons (Fsp3) is 0.692. The number of halogens is 1. The Kier molecular flexibility index (Phi) is 4.47. The minimum Gasteiger partial charge on any atom is -0.383 e. The van der Waals surface area contributed by atoms with Gasteiger partial charge in [0, 0.05) is 14.2 Å². The van der Waals surface area contributed by atoms with Gasteiger partial charge in [0.1, 0.15) is 11.3 Å². The summed E-state index contributed by atoms with van der Waals surface area (Å²) < 4.78 is 9.40. The predicted octanol–water partition coefficient (Wildman–Crippen LogP) is 2.67. The molecule has 0 N–H and O–H groups in total. The molecule has 0 bridgehead atoms. The summed E-state index contributed by atoms with van der Waals surface area (Å²) in [5.41, 5.74) is 3.03. The number of hydrogen-bond acceptors (Lipinski definition) is 3. The van der Waals surface area contributed by atoms with Crippen LogP contribution >= 0.6 is 11.6 Å². The molecule has 0 aromatic carbocycles. The van der Waals surface area contributed by atoms with E-state index in [2.05, 4.69) is 28.5 Å². The number of ether oxygens (including phenoxy) is 1. The fourth-order valence-corrected chi connectivity index (χ4v) is 2.72. The average Bonchev–Trinajstić information content (AvgIpc) is 2.94. The van der Waals surface area contributed by atoms with Crippen LogP contribution in [0.1, 0.15) is 37.8 Å². The van der Waals surface area contributed by atoms with Gasteiger partial charge in [-0.15, -0.1) is 11.6 Å². The quantitative estimate of drug-likeness (QED) is 0.766. The third-order valence-electron chi connectivity index (χ3n) is 3.46. The number of imidazole rings is 1. The Labute approximate surface area is 118 Å². The zero-order valence-electron chi connectivity index (χ0n) is 12.0. The first-order valence-corrected chi connectivity index (χ1v) is 7.18. The van der Waals surface area contributed by atoms with Gasteiger partial charge in [0.25, 0.3) is 0 Å². The van der Waals surface area contributed by atoms with Crippen LogP contribution in [0.2, 0.25) is 0 Å². The van der Waals surface area contributed by atoms with E-state index < -0.39 is 0 Å². The molecule has 0 saturated heterocycles. The molecule has 2 rings (SSSR count). The van der Waals surface area contributed by atoms with Gasteiger partial charge < -0.3 is 9.30 Å². The van der Waals surface area contributed by atoms with Crippen molar-refractivity contribution in [2.45, 2.75) is 38.6 Å². The number of methoxy groups -OCH3 is 1. The highest BCUT2D eigenvalue weighted by Crippen LogP contribution is 2.26. The highest BCUT2D eigenvalue weighted by Gasteiger charge is 2.22. The molecule has 2 aromatic rings. The molecule has 5 nitrogen and oxygen atoms in total. The minimum absolute atomic E-state index is 0.240. The summed E-state index contributed by atoms with van der Waals surface area (Å²) in [6.07, 6.45) is 1.84. The SMILES string of the molecule is CCc1nn(C)c2c1nc(CCl)n2C(CC)COC. The van der Waals surface area contributed by atoms with Gasteiger partial charge >= 0.3 is 0 Å². The molecular weight excluding hydrogens is 264 g/mol. The highest BCUT2D eigenvalue weighted by molar-refractivity contribution is 6.16. The van der Waals surface area contributed by atoms with Crippen LogP contribution in [0.3, 0.4) is 0 Å². The molecule has 0 fully saturated rings. The van der Waals surface area contributed by atoms with Crippen molar-refractivity contribution in [1.82, 2.24) is 19.3 Å². The standard InChI is InChI=1S/C13H21ClN4O/c1-5-9(8-19-4)18-11(7-14)15-12-10(6-2)16-17(3)13(12)18/h9H,5-8H2,1-4H3. The van der Waals surface area contributed by atoms with Gasteiger partial charge in [-0.3, -0.25) is 4.68 Å². The maximum absolute atomic E-state index is 6.06. The summed E-state index contributed by atoms with van der Waals surface area (Å²) in [5.74, 6) is 1.29. The Morgan fingerprint density at radius 2 is 2.11 bits per heavy atom. The second kappa shape index (κ2) is 5.92. The number of nitrogens with zero attached hydrogens (tertiary/aromatic N) is 4. The molecule has 19 heavy (non-hydrogen) atoms. The summed E-state index contributed by atoms with van der Waals surface area (Å²) in [7, 11) is 3.68. The first-order chi connectivity index (χ1) is 9.17. The van der Waals surface area contributed by atoms with Gasteiger partial charge in [-0.05, 0) is 12.8 Å². The number of fused-ring (bicyclic) bond motifs is 1. The van der Waals surface area contributed by atoms with Gasteiger partial charge in [0.2, 0.25) is 0 Å². The number of aromatic nitrogens is 4. The summed E-state index contributed by atoms with van der Waals surface area (Å²) >= 11 is 6.06. The predicted molar refractivity (Wildman–Crippen MR) is 76.6 cm³/mol. The van der Waals surface area contributed by atoms with Crippen LogP contribution in [0, 0.1) is 0 Å². The van der Waals surface area contributed by atoms with E-state index in [9.17, 15) is 0 Å². The van der Waals surface area contributed by atoms with Crippen molar-refractivity contribution in [3.63, 3.8) is 0 Å². The molecule has 1 unspecified atom stereocenters. The second-order valence-electron chi connectivity index (χ2n) is 4.65. The van der Waals surface area contributed by atoms with Crippen molar-refractivity contribution < 1.29 is 4.74 Å². The maximum Gasteiger partial charge on any atom is 0.159 e. The molecule has 6 heteroatoms. The fourth-order valence-electron chi connectivity index (χ4n) is 2.53. The van der Waals surface area contributed by atoms with Crippen LogP contribution in [0.4, 0.5) is 0 Å². The largest absolute Gasteiger partial charge is 0.383 e. The van der Waals surface area contributed by atoms with Gasteiger partial charge in [0.05, 0.1) is 24.2 Å². The van der Waals surface area contributed by atoms with Crippen LogP contribution in [-0.4, -0.2) is 33.0 Å². The van der Waals surface area contributed by atoms with Gasteiger partial charge in [-0.25, -0.2) is 4.98 Å². The van der Waals surface area contributed by atoms with Crippen molar-refractivity contribution in [3.8, 4) is 0 Å². The molecule has 0 spiro atoms. The molecule has 2 aromatic heterocycles. The first kappa shape index (κ1) is 14.3. The second-order valence-corrected chi connectivity index (χ2v) is 4.91. The van der Waals surface area contributed by atoms with Crippen molar-refractivity contribution in [3.05, 3.63) is 11.5 Å². The van der Waals surface area contributed by atoms with E-state index in [1.807, 2.05) is 11.7 Å². The zero-order valence-corrected chi connectivity index (χ0v) is 12.7. The van der Waals surface area contributed by atoms with Crippen molar-refractivity contribution >= 4 is 22.8 Å². The third-order valence-corrected chi connectivity index (χ3v) is 3.70. The van der Waals surface area contributed by atoms with Gasteiger partial charge in [-0.2, -0.15) is 5.10 Å². The molecule has 1 atom stereocenters. The van der Waals surface area contributed by atoms with E-state index in [0.29, 0.717) is 12.5 Å². The first-order valence-electron chi connectivity index (χ1n) is 6.65. The summed E-state index contributed by atoms with van der Waals surface area (Å²) in [6.45, 7) is 4.89. The van der Waals surface area contributed by atoms with E-state index in [1.54, 1.807) is 7.11 Å². The molecule has 0 amide bonds. The maximum atomic E-state index is 6.06. The minimum atomic E-state index is 0.240. The van der Waals surface area contributed by atoms with E-state index in [1.165, 1.54) is 0 Å². The lowest BCUT2D eigenvalue weighted by Gasteiger charge is -2.19. The molecule has 0 aliphatic carbocycles. The summed E-state index contributed by atoms with van der Waals surface area (Å²) in [4.78, 5) is 4.67. The molecule has 0 aliphatic rings. The molecule has 0 radical (unpaired) electrons. The topological polar surface area (TPSA) is 44.9 Å². The summed E-state index contributed by atoms with van der Waals surface area (Å²) in [5, 5.41) is 4.53. The van der Waals surface area contributed by atoms with Gasteiger partial charge in [0.15, 0.2) is 5.65 Å². The normalized spacial score (nSPS) is 13.3. The number of rotatable bonds is 6. The number of hydrogen-bond donors (Lipinski definition) is 0. The van der Waals surface area contributed by atoms with E-state index >= 15 is 0 Å². The Morgan fingerprint density at radius 1 is 1.37 bits per heavy atom. The Bertz CT molecular complexity index is 560. The lowest BCUT2D eigenvalue weighted by atomic mass is 10.2.